The molecule has 9 heteroatoms. The normalized spacial score (nSPS) is 11.0. The first-order valence-electron chi connectivity index (χ1n) is 7.07. The number of sulfonamides is 1. The van der Waals surface area contributed by atoms with Crippen LogP contribution in [0, 0.1) is 0 Å². The van der Waals surface area contributed by atoms with E-state index in [2.05, 4.69) is 20.7 Å². The number of halogens is 1. The molecule has 2 N–H and O–H groups in total. The predicted octanol–water partition coefficient (Wildman–Crippen LogP) is 3.12. The second-order valence-electron chi connectivity index (χ2n) is 4.86. The maximum atomic E-state index is 12.5. The first kappa shape index (κ1) is 18.9. The molecule has 0 aliphatic rings. The van der Waals surface area contributed by atoms with Crippen molar-refractivity contribution in [2.45, 2.75) is 11.8 Å². The molecular weight excluding hydrogens is 414 g/mol. The van der Waals surface area contributed by atoms with E-state index in [4.69, 9.17) is 9.84 Å². The topological polar surface area (TPSA) is 110 Å². The second-order valence-corrected chi connectivity index (χ2v) is 7.36. The zero-order valence-electron chi connectivity index (χ0n) is 13.0. The molecule has 2 aromatic rings. The molecule has 0 unspecified atom stereocenters. The van der Waals surface area contributed by atoms with Crippen LogP contribution in [0.2, 0.25) is 0 Å². The fourth-order valence-electron chi connectivity index (χ4n) is 1.99. The number of nitrogens with one attached hydrogen (secondary N) is 1. The Morgan fingerprint density at radius 2 is 1.88 bits per heavy atom. The van der Waals surface area contributed by atoms with Crippen LogP contribution in [-0.2, 0) is 14.8 Å². The molecule has 0 fully saturated rings. The van der Waals surface area contributed by atoms with Crippen molar-refractivity contribution in [2.24, 2.45) is 0 Å². The van der Waals surface area contributed by atoms with E-state index in [0.29, 0.717) is 0 Å². The number of carboxylic acid groups (broad SMARTS) is 1. The minimum Gasteiger partial charge on any atom is -0.478 e. The van der Waals surface area contributed by atoms with Crippen molar-refractivity contribution in [1.82, 2.24) is 0 Å². The van der Waals surface area contributed by atoms with Crippen molar-refractivity contribution in [1.29, 1.82) is 0 Å². The first-order chi connectivity index (χ1) is 11.7. The molecule has 0 aliphatic carbocycles. The number of carboxylic acids is 1. The summed E-state index contributed by atoms with van der Waals surface area (Å²) in [5.41, 5.74) is 0.277. The molecule has 132 valence electrons. The lowest BCUT2D eigenvalue weighted by Crippen LogP contribution is -2.14. The lowest BCUT2D eigenvalue weighted by atomic mass is 10.2. The number of hydrogen-bond donors (Lipinski definition) is 2. The Labute approximate surface area is 152 Å². The van der Waals surface area contributed by atoms with E-state index in [1.807, 2.05) is 0 Å². The Kier molecular flexibility index (Phi) is 5.81. The average molecular weight is 428 g/mol. The maximum absolute atomic E-state index is 12.5. The number of carbonyl (C=O) groups excluding carboxylic acids is 1. The summed E-state index contributed by atoms with van der Waals surface area (Å²) in [5.74, 6) is -1.73. The molecule has 0 aliphatic heterocycles. The van der Waals surface area contributed by atoms with Crippen LogP contribution in [0.5, 0.6) is 0 Å². The standard InChI is InChI=1S/C16H14BrNO6S/c1-2-24-16(21)11-6-7-14(13(17)9-11)25(22,23)18-12-5-3-4-10(8-12)15(19)20/h3-9,18H,2H2,1H3,(H,19,20). The summed E-state index contributed by atoms with van der Waals surface area (Å²) >= 11 is 3.13. The number of carbonyl (C=O) groups is 2. The quantitative estimate of drug-likeness (QED) is 0.685. The average Bonchev–Trinajstić information content (AvgIpc) is 2.54. The fourth-order valence-corrected chi connectivity index (χ4v) is 4.11. The van der Waals surface area contributed by atoms with Crippen molar-refractivity contribution in [3.05, 3.63) is 58.1 Å². The largest absolute Gasteiger partial charge is 0.478 e. The van der Waals surface area contributed by atoms with Gasteiger partial charge in [0, 0.05) is 10.2 Å². The number of rotatable bonds is 6. The van der Waals surface area contributed by atoms with Gasteiger partial charge in [-0.05, 0) is 59.3 Å². The molecule has 7 nitrogen and oxygen atoms in total. The summed E-state index contributed by atoms with van der Waals surface area (Å²) in [6, 6.07) is 9.38. The zero-order valence-corrected chi connectivity index (χ0v) is 15.4. The van der Waals surface area contributed by atoms with Crippen molar-refractivity contribution in [3.63, 3.8) is 0 Å². The number of benzene rings is 2. The summed E-state index contributed by atoms with van der Waals surface area (Å²) in [5, 5.41) is 8.97. The summed E-state index contributed by atoms with van der Waals surface area (Å²) in [7, 11) is -3.98. The van der Waals surface area contributed by atoms with Crippen molar-refractivity contribution >= 4 is 43.6 Å². The van der Waals surface area contributed by atoms with E-state index in [1.165, 1.54) is 42.5 Å². The van der Waals surface area contributed by atoms with Gasteiger partial charge in [0.25, 0.3) is 10.0 Å². The van der Waals surface area contributed by atoms with Gasteiger partial charge in [-0.1, -0.05) is 6.07 Å². The molecule has 0 amide bonds. The molecule has 0 bridgehead atoms. The lowest BCUT2D eigenvalue weighted by molar-refractivity contribution is 0.0525. The predicted molar refractivity (Wildman–Crippen MR) is 94.3 cm³/mol. The van der Waals surface area contributed by atoms with E-state index in [1.54, 1.807) is 6.92 Å². The van der Waals surface area contributed by atoms with Gasteiger partial charge in [-0.2, -0.15) is 0 Å². The van der Waals surface area contributed by atoms with Crippen molar-refractivity contribution in [2.75, 3.05) is 11.3 Å². The highest BCUT2D eigenvalue weighted by Crippen LogP contribution is 2.26. The molecule has 0 radical (unpaired) electrons. The molecule has 25 heavy (non-hydrogen) atoms. The third-order valence-corrected chi connectivity index (χ3v) is 5.45. The number of ether oxygens (including phenoxy) is 1. The molecule has 0 aromatic heterocycles. The Bertz CT molecular complexity index is 926. The van der Waals surface area contributed by atoms with Gasteiger partial charge in [0.05, 0.1) is 17.7 Å². The highest BCUT2D eigenvalue weighted by molar-refractivity contribution is 9.10. The minimum atomic E-state index is -3.98. The number of aromatic carboxylic acids is 1. The van der Waals surface area contributed by atoms with Gasteiger partial charge >= 0.3 is 11.9 Å². The third-order valence-electron chi connectivity index (χ3n) is 3.09. The van der Waals surface area contributed by atoms with Crippen LogP contribution in [0.3, 0.4) is 0 Å². The fraction of sp³-hybridized carbons (Fsp3) is 0.125. The molecule has 2 aromatic carbocycles. The number of esters is 1. The highest BCUT2D eigenvalue weighted by Gasteiger charge is 2.20. The molecule has 0 atom stereocenters. The van der Waals surface area contributed by atoms with Gasteiger partial charge in [-0.15, -0.1) is 0 Å². The van der Waals surface area contributed by atoms with Crippen LogP contribution in [0.1, 0.15) is 27.6 Å². The van der Waals surface area contributed by atoms with Gasteiger partial charge < -0.3 is 9.84 Å². The molecule has 0 saturated heterocycles. The van der Waals surface area contributed by atoms with E-state index in [0.717, 1.165) is 0 Å². The zero-order chi connectivity index (χ0) is 18.6. The van der Waals surface area contributed by atoms with Crippen LogP contribution in [0.4, 0.5) is 5.69 Å². The Morgan fingerprint density at radius 3 is 2.48 bits per heavy atom. The molecular formula is C16H14BrNO6S. The molecule has 0 saturated carbocycles. The van der Waals surface area contributed by atoms with Gasteiger partial charge in [-0.25, -0.2) is 18.0 Å². The van der Waals surface area contributed by atoms with Crippen molar-refractivity contribution in [3.8, 4) is 0 Å². The molecule has 0 spiro atoms. The summed E-state index contributed by atoms with van der Waals surface area (Å²) in [4.78, 5) is 22.6. The first-order valence-corrected chi connectivity index (χ1v) is 9.35. The van der Waals surface area contributed by atoms with Gasteiger partial charge in [0.2, 0.25) is 0 Å². The maximum Gasteiger partial charge on any atom is 0.338 e. The van der Waals surface area contributed by atoms with Gasteiger partial charge in [-0.3, -0.25) is 4.72 Å². The monoisotopic (exact) mass is 427 g/mol. The van der Waals surface area contributed by atoms with Gasteiger partial charge in [0.1, 0.15) is 4.90 Å². The summed E-state index contributed by atoms with van der Waals surface area (Å²) < 4.78 is 32.4. The number of hydrogen-bond acceptors (Lipinski definition) is 5. The Hall–Kier alpha value is -2.39. The minimum absolute atomic E-state index is 0.0445. The Balaban J connectivity index is 2.32. The Morgan fingerprint density at radius 1 is 1.16 bits per heavy atom. The van der Waals surface area contributed by atoms with Crippen LogP contribution in [0.15, 0.2) is 51.8 Å². The number of anilines is 1. The van der Waals surface area contributed by atoms with E-state index in [9.17, 15) is 18.0 Å². The van der Waals surface area contributed by atoms with Crippen LogP contribution < -0.4 is 4.72 Å². The lowest BCUT2D eigenvalue weighted by Gasteiger charge is -2.11. The van der Waals surface area contributed by atoms with E-state index >= 15 is 0 Å². The van der Waals surface area contributed by atoms with E-state index in [-0.39, 0.29) is 32.8 Å². The smallest absolute Gasteiger partial charge is 0.338 e. The van der Waals surface area contributed by atoms with Crippen LogP contribution in [0.25, 0.3) is 0 Å². The molecule has 2 rings (SSSR count). The summed E-state index contributed by atoms with van der Waals surface area (Å²) in [6.07, 6.45) is 0. The van der Waals surface area contributed by atoms with Crippen LogP contribution >= 0.6 is 15.9 Å². The second kappa shape index (κ2) is 7.66. The van der Waals surface area contributed by atoms with Gasteiger partial charge in [0.15, 0.2) is 0 Å². The van der Waals surface area contributed by atoms with Crippen LogP contribution in [-0.4, -0.2) is 32.1 Å². The highest BCUT2D eigenvalue weighted by atomic mass is 79.9. The molecule has 0 heterocycles. The van der Waals surface area contributed by atoms with Crippen molar-refractivity contribution < 1.29 is 27.9 Å². The third kappa shape index (κ3) is 4.58. The SMILES string of the molecule is CCOC(=O)c1ccc(S(=O)(=O)Nc2cccc(C(=O)O)c2)c(Br)c1. The van der Waals surface area contributed by atoms with E-state index < -0.39 is 22.0 Å². The summed E-state index contributed by atoms with van der Waals surface area (Å²) in [6.45, 7) is 1.87.